The smallest absolute Gasteiger partial charge is 0.161 e. The molecule has 2 aliphatic heterocycles. The minimum Gasteiger partial charge on any atom is -0.493 e. The van der Waals surface area contributed by atoms with E-state index in [4.69, 9.17) is 14.5 Å². The van der Waals surface area contributed by atoms with Crippen LogP contribution in [-0.4, -0.2) is 40.6 Å². The fourth-order valence-corrected chi connectivity index (χ4v) is 5.31. The molecular weight excluding hydrogens is 426 g/mol. The predicted molar refractivity (Wildman–Crippen MR) is 113 cm³/mol. The van der Waals surface area contributed by atoms with E-state index >= 15 is 0 Å². The number of aliphatic imine (C=N–C) groups is 1. The van der Waals surface area contributed by atoms with Gasteiger partial charge in [-0.05, 0) is 36.8 Å². The molecule has 3 atom stereocenters. The highest BCUT2D eigenvalue weighted by Gasteiger charge is 2.44. The minimum atomic E-state index is -0.0413. The lowest BCUT2D eigenvalue weighted by Crippen LogP contribution is -2.28. The van der Waals surface area contributed by atoms with Gasteiger partial charge in [0.1, 0.15) is 6.04 Å². The van der Waals surface area contributed by atoms with Gasteiger partial charge in [0.15, 0.2) is 16.7 Å². The van der Waals surface area contributed by atoms with Gasteiger partial charge in [-0.2, -0.15) is 0 Å². The van der Waals surface area contributed by atoms with Gasteiger partial charge in [0, 0.05) is 22.5 Å². The summed E-state index contributed by atoms with van der Waals surface area (Å²) < 4.78 is 12.3. The van der Waals surface area contributed by atoms with Crippen molar-refractivity contribution < 1.29 is 9.47 Å². The fourth-order valence-electron chi connectivity index (χ4n) is 3.66. The van der Waals surface area contributed by atoms with Crippen molar-refractivity contribution in [3.63, 3.8) is 0 Å². The lowest BCUT2D eigenvalue weighted by atomic mass is 9.96. The predicted octanol–water partition coefficient (Wildman–Crippen LogP) is 4.84. The maximum Gasteiger partial charge on any atom is 0.161 e. The Hall–Kier alpha value is -1.73. The zero-order valence-electron chi connectivity index (χ0n) is 15.6. The van der Waals surface area contributed by atoms with Crippen LogP contribution in [0.3, 0.4) is 0 Å². The second-order valence-corrected chi connectivity index (χ2v) is 8.85. The molecule has 0 N–H and O–H groups in total. The average molecular weight is 448 g/mol. The first kappa shape index (κ1) is 18.6. The van der Waals surface area contributed by atoms with Crippen LogP contribution in [0.5, 0.6) is 11.5 Å². The Labute approximate surface area is 172 Å². The van der Waals surface area contributed by atoms with Gasteiger partial charge in [-0.3, -0.25) is 9.98 Å². The Morgan fingerprint density at radius 2 is 2.15 bits per heavy atom. The van der Waals surface area contributed by atoms with Crippen molar-refractivity contribution in [3.8, 4) is 11.5 Å². The van der Waals surface area contributed by atoms with Gasteiger partial charge >= 0.3 is 0 Å². The molecule has 0 amide bonds. The molecule has 0 bridgehead atoms. The standard InChI is InChI=1S/C20H22BrN3O2S/c1-4-26-17-9-13(14(21)10-16(17)25-3)19-18(15-7-5-6-8-22-15)23-20-24(19)11-12(2)27-20/h5-10,12,18-19H,4,11H2,1-3H3/t12-,18+,19+/m0/s1. The molecule has 1 aromatic heterocycles. The summed E-state index contributed by atoms with van der Waals surface area (Å²) in [7, 11) is 1.66. The van der Waals surface area contributed by atoms with E-state index in [0.29, 0.717) is 11.9 Å². The van der Waals surface area contributed by atoms with Crippen LogP contribution in [0.2, 0.25) is 0 Å². The second kappa shape index (κ2) is 7.72. The largest absolute Gasteiger partial charge is 0.493 e. The van der Waals surface area contributed by atoms with Crippen LogP contribution in [-0.2, 0) is 0 Å². The number of amidine groups is 1. The maximum absolute atomic E-state index is 5.83. The summed E-state index contributed by atoms with van der Waals surface area (Å²) in [4.78, 5) is 12.0. The Morgan fingerprint density at radius 3 is 2.85 bits per heavy atom. The summed E-state index contributed by atoms with van der Waals surface area (Å²) in [5, 5.41) is 1.63. The quantitative estimate of drug-likeness (QED) is 0.655. The summed E-state index contributed by atoms with van der Waals surface area (Å²) >= 11 is 5.59. The molecule has 4 rings (SSSR count). The number of methoxy groups -OCH3 is 1. The van der Waals surface area contributed by atoms with Gasteiger partial charge in [0.2, 0.25) is 0 Å². The molecule has 5 nitrogen and oxygen atoms in total. The van der Waals surface area contributed by atoms with E-state index in [1.165, 1.54) is 0 Å². The van der Waals surface area contributed by atoms with Crippen molar-refractivity contribution in [1.82, 2.24) is 9.88 Å². The van der Waals surface area contributed by atoms with Crippen molar-refractivity contribution in [2.45, 2.75) is 31.2 Å². The van der Waals surface area contributed by atoms with Gasteiger partial charge in [-0.15, -0.1) is 0 Å². The fraction of sp³-hybridized carbons (Fsp3) is 0.400. The molecule has 1 fully saturated rings. The van der Waals surface area contributed by atoms with Crippen LogP contribution in [0.15, 0.2) is 46.0 Å². The van der Waals surface area contributed by atoms with Crippen molar-refractivity contribution in [1.29, 1.82) is 0 Å². The number of thioether (sulfide) groups is 1. The summed E-state index contributed by atoms with van der Waals surface area (Å²) in [6.07, 6.45) is 1.83. The molecule has 1 saturated heterocycles. The number of ether oxygens (including phenoxy) is 2. The van der Waals surface area contributed by atoms with Crippen molar-refractivity contribution in [3.05, 3.63) is 52.3 Å². The number of benzene rings is 1. The van der Waals surface area contributed by atoms with E-state index < -0.39 is 0 Å². The molecular formula is C20H22BrN3O2S. The molecule has 27 heavy (non-hydrogen) atoms. The number of pyridine rings is 1. The van der Waals surface area contributed by atoms with E-state index in [1.807, 2.05) is 43.1 Å². The number of fused-ring (bicyclic) bond motifs is 1. The van der Waals surface area contributed by atoms with E-state index in [0.717, 1.165) is 38.9 Å². The number of nitrogens with zero attached hydrogens (tertiary/aromatic N) is 3. The van der Waals surface area contributed by atoms with Crippen molar-refractivity contribution >= 4 is 32.9 Å². The molecule has 1 aromatic carbocycles. The van der Waals surface area contributed by atoms with Crippen LogP contribution in [0.1, 0.15) is 37.2 Å². The Balaban J connectivity index is 1.81. The first-order valence-corrected chi connectivity index (χ1v) is 10.7. The highest BCUT2D eigenvalue weighted by molar-refractivity contribution is 9.10. The van der Waals surface area contributed by atoms with Gasteiger partial charge in [-0.1, -0.05) is 40.7 Å². The molecule has 2 aromatic rings. The van der Waals surface area contributed by atoms with Gasteiger partial charge in [-0.25, -0.2) is 0 Å². The van der Waals surface area contributed by atoms with Crippen LogP contribution in [0.25, 0.3) is 0 Å². The normalized spacial score (nSPS) is 23.9. The number of rotatable bonds is 5. The monoisotopic (exact) mass is 447 g/mol. The van der Waals surface area contributed by atoms with Crippen LogP contribution in [0, 0.1) is 0 Å². The number of hydrogen-bond donors (Lipinski definition) is 0. The molecule has 0 aliphatic carbocycles. The van der Waals surface area contributed by atoms with E-state index in [9.17, 15) is 0 Å². The number of aromatic nitrogens is 1. The van der Waals surface area contributed by atoms with E-state index in [2.05, 4.69) is 44.9 Å². The topological polar surface area (TPSA) is 47.0 Å². The molecule has 142 valence electrons. The van der Waals surface area contributed by atoms with E-state index in [-0.39, 0.29) is 12.1 Å². The first-order valence-electron chi connectivity index (χ1n) is 9.04. The molecule has 0 unspecified atom stereocenters. The Kier molecular flexibility index (Phi) is 5.32. The van der Waals surface area contributed by atoms with Gasteiger partial charge in [0.05, 0.1) is 25.5 Å². The SMILES string of the molecule is CCOc1cc([C@@H]2[C@@H](c3ccccn3)N=C3S[C@@H](C)CN32)c(Br)cc1OC. The molecule has 0 spiro atoms. The summed E-state index contributed by atoms with van der Waals surface area (Å²) in [5.74, 6) is 1.48. The van der Waals surface area contributed by atoms with Crippen LogP contribution < -0.4 is 9.47 Å². The van der Waals surface area contributed by atoms with Gasteiger partial charge < -0.3 is 14.4 Å². The van der Waals surface area contributed by atoms with Crippen molar-refractivity contribution in [2.75, 3.05) is 20.3 Å². The molecule has 7 heteroatoms. The molecule has 2 aliphatic rings. The number of halogens is 1. The summed E-state index contributed by atoms with van der Waals surface area (Å²) in [6, 6.07) is 10.1. The lowest BCUT2D eigenvalue weighted by molar-refractivity contribution is 0.301. The Morgan fingerprint density at radius 1 is 1.30 bits per heavy atom. The third-order valence-corrected chi connectivity index (χ3v) is 6.57. The third-order valence-electron chi connectivity index (χ3n) is 4.78. The maximum atomic E-state index is 5.83. The van der Waals surface area contributed by atoms with Crippen LogP contribution >= 0.6 is 27.7 Å². The summed E-state index contributed by atoms with van der Waals surface area (Å²) in [6.45, 7) is 5.78. The Bertz CT molecular complexity index is 862. The first-order chi connectivity index (χ1) is 13.1. The zero-order valence-corrected chi connectivity index (χ0v) is 18.0. The zero-order chi connectivity index (χ0) is 19.0. The second-order valence-electron chi connectivity index (χ2n) is 6.59. The lowest BCUT2D eigenvalue weighted by Gasteiger charge is -2.29. The molecule has 3 heterocycles. The highest BCUT2D eigenvalue weighted by Crippen LogP contribution is 2.50. The number of hydrogen-bond acceptors (Lipinski definition) is 6. The van der Waals surface area contributed by atoms with Gasteiger partial charge in [0.25, 0.3) is 0 Å². The highest BCUT2D eigenvalue weighted by atomic mass is 79.9. The average Bonchev–Trinajstić information content (AvgIpc) is 3.20. The molecule has 0 radical (unpaired) electrons. The molecule has 0 saturated carbocycles. The third kappa shape index (κ3) is 3.43. The van der Waals surface area contributed by atoms with Crippen molar-refractivity contribution in [2.24, 2.45) is 4.99 Å². The summed E-state index contributed by atoms with van der Waals surface area (Å²) in [5.41, 5.74) is 2.13. The van der Waals surface area contributed by atoms with E-state index in [1.54, 1.807) is 7.11 Å². The van der Waals surface area contributed by atoms with Crippen LogP contribution in [0.4, 0.5) is 0 Å². The minimum absolute atomic E-state index is 0.0413.